The van der Waals surface area contributed by atoms with Crippen LogP contribution in [0.3, 0.4) is 0 Å². The van der Waals surface area contributed by atoms with Gasteiger partial charge in [0.1, 0.15) is 5.75 Å². The van der Waals surface area contributed by atoms with Gasteiger partial charge in [0.15, 0.2) is 0 Å². The normalized spacial score (nSPS) is 10.1. The number of unbranched alkanes of at least 4 members (excludes halogenated alkanes) is 1. The number of ether oxygens (including phenoxy) is 1. The van der Waals surface area contributed by atoms with Gasteiger partial charge in [0, 0.05) is 5.57 Å². The zero-order valence-electron chi connectivity index (χ0n) is 10.9. The first kappa shape index (κ1) is 13.5. The van der Waals surface area contributed by atoms with Crippen LogP contribution < -0.4 is 4.74 Å². The molecule has 0 fully saturated rings. The molecule has 1 rings (SSSR count). The Bertz CT molecular complexity index is 419. The van der Waals surface area contributed by atoms with Crippen LogP contribution in [0.25, 0.3) is 0 Å². The Kier molecular flexibility index (Phi) is 4.95. The maximum absolute atomic E-state index is 11.8. The number of hydrogen-bond acceptors (Lipinski definition) is 2. The molecule has 0 atom stereocenters. The average Bonchev–Trinajstić information content (AvgIpc) is 2.31. The first-order valence-electron chi connectivity index (χ1n) is 6.02. The smallest absolute Gasteiger partial charge is 0.338 e. The van der Waals surface area contributed by atoms with Gasteiger partial charge in [-0.25, -0.2) is 4.79 Å². The SMILES string of the molecule is C=C(CCCC)C(=O)Oc1cccc(C)c1C. The van der Waals surface area contributed by atoms with E-state index >= 15 is 0 Å². The molecule has 0 bridgehead atoms. The molecule has 0 aliphatic heterocycles. The first-order chi connectivity index (χ1) is 8.06. The monoisotopic (exact) mass is 232 g/mol. The summed E-state index contributed by atoms with van der Waals surface area (Å²) in [6, 6.07) is 5.70. The lowest BCUT2D eigenvalue weighted by atomic mass is 10.1. The Balaban J connectivity index is 2.68. The zero-order chi connectivity index (χ0) is 12.8. The van der Waals surface area contributed by atoms with E-state index in [1.807, 2.05) is 32.0 Å². The fourth-order valence-electron chi connectivity index (χ4n) is 1.50. The van der Waals surface area contributed by atoms with Crippen LogP contribution in [0.1, 0.15) is 37.3 Å². The fourth-order valence-corrected chi connectivity index (χ4v) is 1.50. The number of esters is 1. The lowest BCUT2D eigenvalue weighted by molar-refractivity contribution is -0.130. The summed E-state index contributed by atoms with van der Waals surface area (Å²) in [4.78, 5) is 11.8. The largest absolute Gasteiger partial charge is 0.423 e. The van der Waals surface area contributed by atoms with Gasteiger partial charge in [-0.1, -0.05) is 32.1 Å². The van der Waals surface area contributed by atoms with Crippen molar-refractivity contribution in [3.8, 4) is 5.75 Å². The summed E-state index contributed by atoms with van der Waals surface area (Å²) < 4.78 is 5.35. The lowest BCUT2D eigenvalue weighted by Crippen LogP contribution is -2.11. The van der Waals surface area contributed by atoms with Crippen LogP contribution in [0.2, 0.25) is 0 Å². The van der Waals surface area contributed by atoms with E-state index in [0.29, 0.717) is 17.7 Å². The van der Waals surface area contributed by atoms with E-state index in [2.05, 4.69) is 13.5 Å². The van der Waals surface area contributed by atoms with Crippen molar-refractivity contribution in [2.24, 2.45) is 0 Å². The summed E-state index contributed by atoms with van der Waals surface area (Å²) in [5.41, 5.74) is 2.67. The van der Waals surface area contributed by atoms with Gasteiger partial charge in [-0.3, -0.25) is 0 Å². The van der Waals surface area contributed by atoms with Crippen LogP contribution in [0.15, 0.2) is 30.4 Å². The van der Waals surface area contributed by atoms with Crippen molar-refractivity contribution >= 4 is 5.97 Å². The summed E-state index contributed by atoms with van der Waals surface area (Å²) in [5, 5.41) is 0. The van der Waals surface area contributed by atoms with Gasteiger partial charge in [-0.05, 0) is 43.9 Å². The summed E-state index contributed by atoms with van der Waals surface area (Å²) in [5.74, 6) is 0.319. The first-order valence-corrected chi connectivity index (χ1v) is 6.02. The van der Waals surface area contributed by atoms with Gasteiger partial charge in [0.25, 0.3) is 0 Å². The van der Waals surface area contributed by atoms with Crippen molar-refractivity contribution in [2.45, 2.75) is 40.0 Å². The van der Waals surface area contributed by atoms with E-state index in [1.165, 1.54) is 0 Å². The number of rotatable bonds is 5. The quantitative estimate of drug-likeness (QED) is 0.436. The average molecular weight is 232 g/mol. The minimum absolute atomic E-state index is 0.313. The Morgan fingerprint density at radius 1 is 1.35 bits per heavy atom. The number of carbonyl (C=O) groups excluding carboxylic acids is 1. The van der Waals surface area contributed by atoms with Crippen molar-refractivity contribution in [3.63, 3.8) is 0 Å². The van der Waals surface area contributed by atoms with Gasteiger partial charge in [-0.2, -0.15) is 0 Å². The van der Waals surface area contributed by atoms with E-state index in [0.717, 1.165) is 24.0 Å². The molecule has 2 nitrogen and oxygen atoms in total. The van der Waals surface area contributed by atoms with Gasteiger partial charge in [0.05, 0.1) is 0 Å². The van der Waals surface area contributed by atoms with Crippen LogP contribution >= 0.6 is 0 Å². The number of carbonyl (C=O) groups is 1. The van der Waals surface area contributed by atoms with Gasteiger partial charge < -0.3 is 4.74 Å². The standard InChI is InChI=1S/C15H20O2/c1-5-6-8-12(3)15(16)17-14-10-7-9-11(2)13(14)4/h7,9-10H,3,5-6,8H2,1-2,4H3. The molecular formula is C15H20O2. The van der Waals surface area contributed by atoms with Crippen LogP contribution in [0.4, 0.5) is 0 Å². The third-order valence-electron chi connectivity index (χ3n) is 2.88. The summed E-state index contributed by atoms with van der Waals surface area (Å²) in [6.07, 6.45) is 2.73. The highest BCUT2D eigenvalue weighted by atomic mass is 16.5. The minimum Gasteiger partial charge on any atom is -0.423 e. The van der Waals surface area contributed by atoms with Crippen LogP contribution in [-0.2, 0) is 4.79 Å². The highest BCUT2D eigenvalue weighted by molar-refractivity contribution is 5.89. The molecule has 0 unspecified atom stereocenters. The Labute approximate surface area is 103 Å². The molecule has 0 aliphatic carbocycles. The highest BCUT2D eigenvalue weighted by Gasteiger charge is 2.11. The van der Waals surface area contributed by atoms with Crippen molar-refractivity contribution in [3.05, 3.63) is 41.5 Å². The van der Waals surface area contributed by atoms with Crippen LogP contribution in [-0.4, -0.2) is 5.97 Å². The second-order valence-electron chi connectivity index (χ2n) is 4.29. The summed E-state index contributed by atoms with van der Waals surface area (Å²) in [6.45, 7) is 9.80. The molecule has 0 aliphatic rings. The van der Waals surface area contributed by atoms with Gasteiger partial charge in [-0.15, -0.1) is 0 Å². The molecule has 17 heavy (non-hydrogen) atoms. The third kappa shape index (κ3) is 3.74. The molecule has 0 radical (unpaired) electrons. The molecule has 0 aromatic heterocycles. The summed E-state index contributed by atoms with van der Waals surface area (Å²) in [7, 11) is 0. The van der Waals surface area contributed by atoms with Crippen LogP contribution in [0.5, 0.6) is 5.75 Å². The van der Waals surface area contributed by atoms with Crippen molar-refractivity contribution in [2.75, 3.05) is 0 Å². The van der Waals surface area contributed by atoms with Gasteiger partial charge >= 0.3 is 5.97 Å². The van der Waals surface area contributed by atoms with Crippen molar-refractivity contribution < 1.29 is 9.53 Å². The van der Waals surface area contributed by atoms with Crippen molar-refractivity contribution in [1.29, 1.82) is 0 Å². The number of benzene rings is 1. The molecule has 1 aromatic carbocycles. The Hall–Kier alpha value is -1.57. The molecular weight excluding hydrogens is 212 g/mol. The third-order valence-corrected chi connectivity index (χ3v) is 2.88. The molecule has 92 valence electrons. The zero-order valence-corrected chi connectivity index (χ0v) is 10.9. The topological polar surface area (TPSA) is 26.3 Å². The molecule has 0 spiro atoms. The second kappa shape index (κ2) is 6.24. The molecule has 0 N–H and O–H groups in total. The number of aryl methyl sites for hydroxylation is 1. The van der Waals surface area contributed by atoms with E-state index in [4.69, 9.17) is 4.74 Å². The molecule has 2 heteroatoms. The molecule has 1 aromatic rings. The molecule has 0 saturated carbocycles. The summed E-state index contributed by atoms with van der Waals surface area (Å²) >= 11 is 0. The fraction of sp³-hybridized carbons (Fsp3) is 0.400. The molecule has 0 amide bonds. The Morgan fingerprint density at radius 3 is 2.71 bits per heavy atom. The number of hydrogen-bond donors (Lipinski definition) is 0. The highest BCUT2D eigenvalue weighted by Crippen LogP contribution is 2.21. The van der Waals surface area contributed by atoms with E-state index < -0.39 is 0 Å². The van der Waals surface area contributed by atoms with Crippen molar-refractivity contribution in [1.82, 2.24) is 0 Å². The maximum Gasteiger partial charge on any atom is 0.338 e. The minimum atomic E-state index is -0.313. The van der Waals surface area contributed by atoms with Gasteiger partial charge in [0.2, 0.25) is 0 Å². The van der Waals surface area contributed by atoms with E-state index in [1.54, 1.807) is 0 Å². The van der Waals surface area contributed by atoms with E-state index in [-0.39, 0.29) is 5.97 Å². The Morgan fingerprint density at radius 2 is 2.06 bits per heavy atom. The molecule has 0 heterocycles. The predicted molar refractivity (Wildman–Crippen MR) is 70.2 cm³/mol. The maximum atomic E-state index is 11.8. The molecule has 0 saturated heterocycles. The second-order valence-corrected chi connectivity index (χ2v) is 4.29. The van der Waals surface area contributed by atoms with E-state index in [9.17, 15) is 4.79 Å². The lowest BCUT2D eigenvalue weighted by Gasteiger charge is -2.10. The van der Waals surface area contributed by atoms with Crippen LogP contribution in [0, 0.1) is 13.8 Å². The predicted octanol–water partition coefficient (Wildman–Crippen LogP) is 3.96.